The van der Waals surface area contributed by atoms with Crippen molar-refractivity contribution < 1.29 is 9.47 Å². The summed E-state index contributed by atoms with van der Waals surface area (Å²) >= 11 is 0. The highest BCUT2D eigenvalue weighted by Crippen LogP contribution is 2.20. The van der Waals surface area contributed by atoms with Crippen LogP contribution in [0.2, 0.25) is 0 Å². The van der Waals surface area contributed by atoms with E-state index in [-0.39, 0.29) is 0 Å². The van der Waals surface area contributed by atoms with Crippen molar-refractivity contribution in [3.63, 3.8) is 0 Å². The number of likely N-dealkylation sites (N-methyl/N-ethyl adjacent to an activating group) is 1. The third-order valence-electron chi connectivity index (χ3n) is 3.42. The van der Waals surface area contributed by atoms with Crippen LogP contribution in [-0.4, -0.2) is 26.8 Å². The van der Waals surface area contributed by atoms with Crippen LogP contribution in [0.5, 0.6) is 5.75 Å². The summed E-state index contributed by atoms with van der Waals surface area (Å²) in [5.74, 6) is 0.885. The number of hydrogen-bond acceptors (Lipinski definition) is 3. The largest absolute Gasteiger partial charge is 0.497 e. The predicted octanol–water partition coefficient (Wildman–Crippen LogP) is 3.74. The monoisotopic (exact) mass is 285 g/mol. The predicted molar refractivity (Wildman–Crippen MR) is 87.0 cm³/mol. The number of rotatable bonds is 8. The molecule has 0 spiro atoms. The second-order valence-corrected chi connectivity index (χ2v) is 4.82. The zero-order valence-electron chi connectivity index (χ0n) is 12.8. The maximum atomic E-state index is 5.76. The zero-order valence-corrected chi connectivity index (χ0v) is 12.8. The Morgan fingerprint density at radius 1 is 1.00 bits per heavy atom. The van der Waals surface area contributed by atoms with E-state index in [0.29, 0.717) is 13.2 Å². The summed E-state index contributed by atoms with van der Waals surface area (Å²) in [6.07, 6.45) is 0. The van der Waals surface area contributed by atoms with Gasteiger partial charge in [0.15, 0.2) is 0 Å². The van der Waals surface area contributed by atoms with Gasteiger partial charge < -0.3 is 14.4 Å². The van der Waals surface area contributed by atoms with E-state index in [0.717, 1.165) is 18.8 Å². The van der Waals surface area contributed by atoms with E-state index < -0.39 is 0 Å². The Hall–Kier alpha value is -2.00. The van der Waals surface area contributed by atoms with Gasteiger partial charge in [0.2, 0.25) is 0 Å². The van der Waals surface area contributed by atoms with E-state index >= 15 is 0 Å². The summed E-state index contributed by atoms with van der Waals surface area (Å²) in [7, 11) is 1.69. The summed E-state index contributed by atoms with van der Waals surface area (Å²) in [6.45, 7) is 5.34. The molecule has 0 saturated carbocycles. The maximum Gasteiger partial charge on any atom is 0.120 e. The van der Waals surface area contributed by atoms with Crippen molar-refractivity contribution in [1.82, 2.24) is 0 Å². The number of hydrogen-bond donors (Lipinski definition) is 0. The highest BCUT2D eigenvalue weighted by molar-refractivity contribution is 5.50. The Morgan fingerprint density at radius 2 is 1.81 bits per heavy atom. The van der Waals surface area contributed by atoms with Crippen LogP contribution in [0.3, 0.4) is 0 Å². The van der Waals surface area contributed by atoms with E-state index in [4.69, 9.17) is 9.47 Å². The summed E-state index contributed by atoms with van der Waals surface area (Å²) in [5.41, 5.74) is 2.38. The number of methoxy groups -OCH3 is 1. The van der Waals surface area contributed by atoms with Crippen molar-refractivity contribution in [3.8, 4) is 5.75 Å². The molecule has 0 heterocycles. The van der Waals surface area contributed by atoms with E-state index in [1.165, 1.54) is 11.3 Å². The lowest BCUT2D eigenvalue weighted by Gasteiger charge is -2.23. The Balaban J connectivity index is 1.82. The van der Waals surface area contributed by atoms with Crippen LogP contribution in [0, 0.1) is 0 Å². The molecule has 0 saturated heterocycles. The second-order valence-electron chi connectivity index (χ2n) is 4.82. The highest BCUT2D eigenvalue weighted by atomic mass is 16.5. The first kappa shape index (κ1) is 15.4. The zero-order chi connectivity index (χ0) is 14.9. The van der Waals surface area contributed by atoms with Gasteiger partial charge in [-0.1, -0.05) is 36.4 Å². The molecule has 3 heteroatoms. The molecule has 0 N–H and O–H groups in total. The van der Waals surface area contributed by atoms with E-state index in [1.54, 1.807) is 7.11 Å². The molecule has 3 nitrogen and oxygen atoms in total. The second kappa shape index (κ2) is 8.32. The van der Waals surface area contributed by atoms with E-state index in [1.807, 2.05) is 30.3 Å². The summed E-state index contributed by atoms with van der Waals surface area (Å²) in [5, 5.41) is 0. The Bertz CT molecular complexity index is 528. The minimum absolute atomic E-state index is 0.663. The number of ether oxygens (including phenoxy) is 2. The fourth-order valence-electron chi connectivity index (χ4n) is 2.22. The molecule has 0 amide bonds. The van der Waals surface area contributed by atoms with Crippen LogP contribution in [-0.2, 0) is 11.3 Å². The summed E-state index contributed by atoms with van der Waals surface area (Å²) < 4.78 is 11.0. The maximum absolute atomic E-state index is 5.76. The van der Waals surface area contributed by atoms with Gasteiger partial charge in [0.25, 0.3) is 0 Å². The minimum atomic E-state index is 0.663. The van der Waals surface area contributed by atoms with Crippen molar-refractivity contribution >= 4 is 5.69 Å². The average molecular weight is 285 g/mol. The van der Waals surface area contributed by atoms with Gasteiger partial charge in [-0.2, -0.15) is 0 Å². The summed E-state index contributed by atoms with van der Waals surface area (Å²) in [4.78, 5) is 2.29. The molecule has 0 radical (unpaired) electrons. The Morgan fingerprint density at radius 3 is 2.52 bits per heavy atom. The smallest absolute Gasteiger partial charge is 0.120 e. The van der Waals surface area contributed by atoms with Gasteiger partial charge in [-0.25, -0.2) is 0 Å². The van der Waals surface area contributed by atoms with Crippen LogP contribution < -0.4 is 9.64 Å². The molecule has 0 bridgehead atoms. The van der Waals surface area contributed by atoms with Gasteiger partial charge in [0.05, 0.1) is 20.3 Å². The minimum Gasteiger partial charge on any atom is -0.497 e. The van der Waals surface area contributed by atoms with Gasteiger partial charge >= 0.3 is 0 Å². The molecule has 2 aromatic rings. The topological polar surface area (TPSA) is 21.7 Å². The highest BCUT2D eigenvalue weighted by Gasteiger charge is 2.05. The van der Waals surface area contributed by atoms with Gasteiger partial charge in [0.1, 0.15) is 5.75 Å². The molecule has 0 fully saturated rings. The Kier molecular flexibility index (Phi) is 6.10. The third-order valence-corrected chi connectivity index (χ3v) is 3.42. The average Bonchev–Trinajstić information content (AvgIpc) is 2.56. The molecule has 0 aliphatic rings. The molecule has 0 aliphatic heterocycles. The number of benzene rings is 2. The quantitative estimate of drug-likeness (QED) is 0.690. The first-order valence-electron chi connectivity index (χ1n) is 7.34. The molecule has 112 valence electrons. The molecule has 0 aromatic heterocycles. The van der Waals surface area contributed by atoms with Crippen molar-refractivity contribution in [2.75, 3.05) is 31.7 Å². The van der Waals surface area contributed by atoms with Gasteiger partial charge in [0, 0.05) is 24.8 Å². The van der Waals surface area contributed by atoms with Crippen LogP contribution in [0.25, 0.3) is 0 Å². The van der Waals surface area contributed by atoms with Crippen LogP contribution >= 0.6 is 0 Å². The van der Waals surface area contributed by atoms with Crippen LogP contribution in [0.1, 0.15) is 12.5 Å². The fraction of sp³-hybridized carbons (Fsp3) is 0.333. The van der Waals surface area contributed by atoms with Crippen molar-refractivity contribution in [2.45, 2.75) is 13.5 Å². The lowest BCUT2D eigenvalue weighted by Crippen LogP contribution is -2.27. The van der Waals surface area contributed by atoms with Crippen molar-refractivity contribution in [1.29, 1.82) is 0 Å². The van der Waals surface area contributed by atoms with Crippen molar-refractivity contribution in [3.05, 3.63) is 60.2 Å². The van der Waals surface area contributed by atoms with E-state index in [9.17, 15) is 0 Å². The van der Waals surface area contributed by atoms with Gasteiger partial charge in [-0.05, 0) is 24.6 Å². The lowest BCUT2D eigenvalue weighted by atomic mass is 10.2. The summed E-state index contributed by atoms with van der Waals surface area (Å²) in [6, 6.07) is 18.4. The van der Waals surface area contributed by atoms with Gasteiger partial charge in [-0.3, -0.25) is 0 Å². The van der Waals surface area contributed by atoms with Crippen LogP contribution in [0.4, 0.5) is 5.69 Å². The normalized spacial score (nSPS) is 10.4. The lowest BCUT2D eigenvalue weighted by molar-refractivity contribution is 0.127. The molecule has 21 heavy (non-hydrogen) atoms. The molecule has 0 atom stereocenters. The molecule has 0 aliphatic carbocycles. The van der Waals surface area contributed by atoms with Crippen molar-refractivity contribution in [2.24, 2.45) is 0 Å². The Labute approximate surface area is 127 Å². The fourth-order valence-corrected chi connectivity index (χ4v) is 2.22. The molecular weight excluding hydrogens is 262 g/mol. The SMILES string of the molecule is CCN(CCOCc1ccccc1)c1cccc(OC)c1. The van der Waals surface area contributed by atoms with E-state index in [2.05, 4.69) is 36.1 Å². The first-order valence-corrected chi connectivity index (χ1v) is 7.34. The molecular formula is C18H23NO2. The first-order chi connectivity index (χ1) is 10.3. The molecule has 0 unspecified atom stereocenters. The standard InChI is InChI=1S/C18H23NO2/c1-3-19(17-10-7-11-18(14-17)20-2)12-13-21-15-16-8-5-4-6-9-16/h4-11,14H,3,12-13,15H2,1-2H3. The van der Waals surface area contributed by atoms with Gasteiger partial charge in [-0.15, -0.1) is 0 Å². The molecule has 2 rings (SSSR count). The van der Waals surface area contributed by atoms with Crippen LogP contribution in [0.15, 0.2) is 54.6 Å². The number of anilines is 1. The molecule has 2 aromatic carbocycles. The number of nitrogens with zero attached hydrogens (tertiary/aromatic N) is 1. The third kappa shape index (κ3) is 4.80.